The summed E-state index contributed by atoms with van der Waals surface area (Å²) in [5.74, 6) is -0.124. The smallest absolute Gasteiger partial charge is 0.325 e. The van der Waals surface area contributed by atoms with Crippen molar-refractivity contribution in [2.45, 2.75) is 64.7 Å². The summed E-state index contributed by atoms with van der Waals surface area (Å²) in [6.07, 6.45) is 2.64. The van der Waals surface area contributed by atoms with E-state index in [-0.39, 0.29) is 36.8 Å². The average molecular weight is 364 g/mol. The molecule has 2 fully saturated rings. The largest absolute Gasteiger partial charge is 0.458 e. The molecule has 0 bridgehead atoms. The van der Waals surface area contributed by atoms with Crippen molar-refractivity contribution in [1.29, 1.82) is 0 Å². The van der Waals surface area contributed by atoms with Gasteiger partial charge in [0.2, 0.25) is 0 Å². The van der Waals surface area contributed by atoms with Crippen LogP contribution in [0.1, 0.15) is 46.5 Å². The first kappa shape index (κ1) is 21.2. The number of carbonyl (C=O) groups excluding carboxylic acids is 2. The number of halogens is 1. The van der Waals surface area contributed by atoms with Crippen LogP contribution in [0.25, 0.3) is 0 Å². The van der Waals surface area contributed by atoms with Gasteiger partial charge in [0.1, 0.15) is 18.2 Å². The summed E-state index contributed by atoms with van der Waals surface area (Å²) < 4.78 is 16.7. The van der Waals surface area contributed by atoms with Gasteiger partial charge in [0.05, 0.1) is 19.1 Å². The normalized spacial score (nSPS) is 31.3. The predicted molar refractivity (Wildman–Crippen MR) is 91.8 cm³/mol. The molecule has 1 saturated heterocycles. The van der Waals surface area contributed by atoms with Crippen LogP contribution >= 0.6 is 12.4 Å². The van der Waals surface area contributed by atoms with E-state index in [4.69, 9.17) is 19.9 Å². The standard InChI is InChI=1S/C17H29NO5.ClH/c1-10(2)4-5-13-8-21-9-14(18)17(20)22-11(3)15(13)23-16(19)12-6-7-12;/h10-15H,4-9,18H2,1-3H3;1H/t11-,13-,14-,15-;/m0./s1. The summed E-state index contributed by atoms with van der Waals surface area (Å²) >= 11 is 0. The number of nitrogens with two attached hydrogens (primary N) is 1. The Balaban J connectivity index is 0.00000288. The first-order valence-corrected chi connectivity index (χ1v) is 8.62. The van der Waals surface area contributed by atoms with E-state index in [1.165, 1.54) is 0 Å². The van der Waals surface area contributed by atoms with E-state index < -0.39 is 24.2 Å². The predicted octanol–water partition coefficient (Wildman–Crippen LogP) is 2.07. The third kappa shape index (κ3) is 6.22. The molecule has 2 aliphatic rings. The van der Waals surface area contributed by atoms with Gasteiger partial charge in [-0.3, -0.25) is 9.59 Å². The van der Waals surface area contributed by atoms with Crippen molar-refractivity contribution in [3.05, 3.63) is 0 Å². The van der Waals surface area contributed by atoms with Crippen LogP contribution in [0.3, 0.4) is 0 Å². The summed E-state index contributed by atoms with van der Waals surface area (Å²) in [6.45, 7) is 6.63. The second kappa shape index (κ2) is 9.59. The van der Waals surface area contributed by atoms with E-state index in [1.807, 2.05) is 0 Å². The number of cyclic esters (lactones) is 1. The van der Waals surface area contributed by atoms with Gasteiger partial charge in [0.25, 0.3) is 0 Å². The molecule has 0 aromatic carbocycles. The van der Waals surface area contributed by atoms with Crippen LogP contribution in [0, 0.1) is 17.8 Å². The van der Waals surface area contributed by atoms with Gasteiger partial charge < -0.3 is 19.9 Å². The maximum absolute atomic E-state index is 12.1. The van der Waals surface area contributed by atoms with Crippen LogP contribution in [-0.2, 0) is 23.8 Å². The van der Waals surface area contributed by atoms with Crippen molar-refractivity contribution < 1.29 is 23.8 Å². The summed E-state index contributed by atoms with van der Waals surface area (Å²) in [7, 11) is 0. The van der Waals surface area contributed by atoms with Gasteiger partial charge in [-0.15, -0.1) is 12.4 Å². The zero-order valence-corrected chi connectivity index (χ0v) is 15.6. The topological polar surface area (TPSA) is 87.8 Å². The Kier molecular flexibility index (Phi) is 8.46. The van der Waals surface area contributed by atoms with Gasteiger partial charge in [-0.2, -0.15) is 0 Å². The van der Waals surface area contributed by atoms with Crippen molar-refractivity contribution in [1.82, 2.24) is 0 Å². The molecule has 0 aromatic heterocycles. The summed E-state index contributed by atoms with van der Waals surface area (Å²) in [5.41, 5.74) is 5.74. The molecule has 1 aliphatic heterocycles. The Hall–Kier alpha value is -0.850. The molecule has 1 aliphatic carbocycles. The van der Waals surface area contributed by atoms with Gasteiger partial charge in [-0.05, 0) is 32.1 Å². The van der Waals surface area contributed by atoms with Gasteiger partial charge in [-0.25, -0.2) is 0 Å². The Bertz CT molecular complexity index is 427. The number of carbonyl (C=O) groups is 2. The molecule has 140 valence electrons. The summed E-state index contributed by atoms with van der Waals surface area (Å²) in [5, 5.41) is 0. The number of hydrogen-bond donors (Lipinski definition) is 1. The van der Waals surface area contributed by atoms with Gasteiger partial charge in [0, 0.05) is 5.92 Å². The molecular formula is C17H30ClNO5. The summed E-state index contributed by atoms with van der Waals surface area (Å²) in [6, 6.07) is -0.791. The van der Waals surface area contributed by atoms with Crippen molar-refractivity contribution in [3.8, 4) is 0 Å². The van der Waals surface area contributed by atoms with Crippen LogP contribution in [-0.4, -0.2) is 43.4 Å². The fourth-order valence-corrected chi connectivity index (χ4v) is 2.77. The molecule has 4 atom stereocenters. The maximum Gasteiger partial charge on any atom is 0.325 e. The Morgan fingerprint density at radius 1 is 1.33 bits per heavy atom. The lowest BCUT2D eigenvalue weighted by Gasteiger charge is -2.30. The number of esters is 2. The van der Waals surface area contributed by atoms with Crippen molar-refractivity contribution in [2.75, 3.05) is 13.2 Å². The fraction of sp³-hybridized carbons (Fsp3) is 0.882. The average Bonchev–Trinajstić information content (AvgIpc) is 3.31. The lowest BCUT2D eigenvalue weighted by molar-refractivity contribution is -0.172. The molecule has 2 N–H and O–H groups in total. The van der Waals surface area contributed by atoms with Crippen molar-refractivity contribution in [3.63, 3.8) is 0 Å². The molecule has 0 amide bonds. The molecule has 1 heterocycles. The monoisotopic (exact) mass is 363 g/mol. The molecule has 24 heavy (non-hydrogen) atoms. The molecule has 7 heteroatoms. The first-order chi connectivity index (χ1) is 10.9. The fourth-order valence-electron chi connectivity index (χ4n) is 2.77. The van der Waals surface area contributed by atoms with Crippen LogP contribution in [0.2, 0.25) is 0 Å². The van der Waals surface area contributed by atoms with Crippen LogP contribution in [0.15, 0.2) is 0 Å². The first-order valence-electron chi connectivity index (χ1n) is 8.62. The SMILES string of the molecule is CC(C)CC[C@H]1COC[C@H](N)C(=O)O[C@@H](C)[C@@H]1OC(=O)C1CC1.Cl. The molecule has 0 spiro atoms. The van der Waals surface area contributed by atoms with Crippen molar-refractivity contribution >= 4 is 24.3 Å². The zero-order valence-electron chi connectivity index (χ0n) is 14.7. The van der Waals surface area contributed by atoms with E-state index in [0.29, 0.717) is 12.5 Å². The zero-order chi connectivity index (χ0) is 17.0. The van der Waals surface area contributed by atoms with Gasteiger partial charge in [-0.1, -0.05) is 20.3 Å². The molecule has 6 nitrogen and oxygen atoms in total. The number of rotatable bonds is 5. The summed E-state index contributed by atoms with van der Waals surface area (Å²) in [4.78, 5) is 24.0. The second-order valence-corrected chi connectivity index (χ2v) is 7.19. The second-order valence-electron chi connectivity index (χ2n) is 7.19. The van der Waals surface area contributed by atoms with E-state index >= 15 is 0 Å². The van der Waals surface area contributed by atoms with E-state index in [9.17, 15) is 9.59 Å². The number of hydrogen-bond acceptors (Lipinski definition) is 6. The molecule has 2 rings (SSSR count). The lowest BCUT2D eigenvalue weighted by atomic mass is 9.91. The minimum Gasteiger partial charge on any atom is -0.458 e. The molecule has 0 aromatic rings. The third-order valence-electron chi connectivity index (χ3n) is 4.44. The maximum atomic E-state index is 12.1. The Morgan fingerprint density at radius 3 is 2.58 bits per heavy atom. The van der Waals surface area contributed by atoms with Gasteiger partial charge >= 0.3 is 11.9 Å². The van der Waals surface area contributed by atoms with E-state index in [2.05, 4.69) is 13.8 Å². The quantitative estimate of drug-likeness (QED) is 0.752. The third-order valence-corrected chi connectivity index (χ3v) is 4.44. The van der Waals surface area contributed by atoms with Crippen LogP contribution < -0.4 is 5.73 Å². The van der Waals surface area contributed by atoms with E-state index in [0.717, 1.165) is 25.7 Å². The van der Waals surface area contributed by atoms with Crippen LogP contribution in [0.4, 0.5) is 0 Å². The highest BCUT2D eigenvalue weighted by Crippen LogP contribution is 2.32. The molecule has 0 unspecified atom stereocenters. The van der Waals surface area contributed by atoms with Gasteiger partial charge in [0.15, 0.2) is 0 Å². The Morgan fingerprint density at radius 2 is 2.00 bits per heavy atom. The van der Waals surface area contributed by atoms with Crippen LogP contribution in [0.5, 0.6) is 0 Å². The number of ether oxygens (including phenoxy) is 3. The highest BCUT2D eigenvalue weighted by atomic mass is 35.5. The molecule has 0 radical (unpaired) electrons. The van der Waals surface area contributed by atoms with E-state index in [1.54, 1.807) is 6.92 Å². The minimum atomic E-state index is -0.791. The highest BCUT2D eigenvalue weighted by Gasteiger charge is 2.39. The highest BCUT2D eigenvalue weighted by molar-refractivity contribution is 5.85. The molecule has 1 saturated carbocycles. The Labute approximate surface area is 150 Å². The van der Waals surface area contributed by atoms with Crippen molar-refractivity contribution in [2.24, 2.45) is 23.5 Å². The minimum absolute atomic E-state index is 0. The molecular weight excluding hydrogens is 334 g/mol. The lowest BCUT2D eigenvalue weighted by Crippen LogP contribution is -2.42.